The van der Waals surface area contributed by atoms with Crippen molar-refractivity contribution in [3.05, 3.63) is 0 Å². The summed E-state index contributed by atoms with van der Waals surface area (Å²) in [6.45, 7) is 5.38. The molecule has 1 saturated heterocycles. The molecule has 0 bridgehead atoms. The SMILES string of the molecule is CCCC(CNC)N(C)CC1CCCO1. The molecule has 0 aromatic heterocycles. The van der Waals surface area contributed by atoms with Crippen LogP contribution in [0.5, 0.6) is 0 Å². The summed E-state index contributed by atoms with van der Waals surface area (Å²) in [6.07, 6.45) is 5.48. The van der Waals surface area contributed by atoms with Crippen molar-refractivity contribution in [1.82, 2.24) is 10.2 Å². The number of nitrogens with zero attached hydrogens (tertiary/aromatic N) is 1. The fourth-order valence-corrected chi connectivity index (χ4v) is 2.31. The molecule has 1 rings (SSSR count). The fourth-order valence-electron chi connectivity index (χ4n) is 2.31. The van der Waals surface area contributed by atoms with Crippen LogP contribution in [0.3, 0.4) is 0 Å². The van der Waals surface area contributed by atoms with Crippen LogP contribution in [0.25, 0.3) is 0 Å². The second-order valence-corrected chi connectivity index (χ2v) is 4.57. The maximum atomic E-state index is 5.67. The van der Waals surface area contributed by atoms with Crippen molar-refractivity contribution in [2.45, 2.75) is 44.8 Å². The average molecular weight is 214 g/mol. The molecule has 0 spiro atoms. The Morgan fingerprint density at radius 1 is 1.53 bits per heavy atom. The zero-order valence-electron chi connectivity index (χ0n) is 10.5. The number of likely N-dealkylation sites (N-methyl/N-ethyl adjacent to an activating group) is 2. The molecular formula is C12H26N2O. The summed E-state index contributed by atoms with van der Waals surface area (Å²) in [5.41, 5.74) is 0. The molecule has 0 radical (unpaired) electrons. The topological polar surface area (TPSA) is 24.5 Å². The Hall–Kier alpha value is -0.120. The van der Waals surface area contributed by atoms with E-state index in [1.165, 1.54) is 25.7 Å². The van der Waals surface area contributed by atoms with Gasteiger partial charge in [0.05, 0.1) is 6.10 Å². The van der Waals surface area contributed by atoms with Gasteiger partial charge in [-0.3, -0.25) is 4.90 Å². The van der Waals surface area contributed by atoms with Gasteiger partial charge in [0.2, 0.25) is 0 Å². The highest BCUT2D eigenvalue weighted by Gasteiger charge is 2.21. The first-order chi connectivity index (χ1) is 7.27. The van der Waals surface area contributed by atoms with E-state index in [-0.39, 0.29) is 0 Å². The average Bonchev–Trinajstić information content (AvgIpc) is 2.70. The number of hydrogen-bond acceptors (Lipinski definition) is 3. The van der Waals surface area contributed by atoms with Crippen molar-refractivity contribution < 1.29 is 4.74 Å². The predicted octanol–water partition coefficient (Wildman–Crippen LogP) is 1.49. The molecule has 0 aliphatic carbocycles. The Morgan fingerprint density at radius 2 is 2.33 bits per heavy atom. The molecule has 1 aliphatic rings. The van der Waals surface area contributed by atoms with Crippen LogP contribution in [-0.2, 0) is 4.74 Å². The van der Waals surface area contributed by atoms with E-state index in [1.54, 1.807) is 0 Å². The number of nitrogens with one attached hydrogen (secondary N) is 1. The van der Waals surface area contributed by atoms with E-state index >= 15 is 0 Å². The molecule has 90 valence electrons. The van der Waals surface area contributed by atoms with E-state index in [0.29, 0.717) is 12.1 Å². The van der Waals surface area contributed by atoms with Gasteiger partial charge in [0.25, 0.3) is 0 Å². The highest BCUT2D eigenvalue weighted by atomic mass is 16.5. The normalized spacial score (nSPS) is 23.6. The molecule has 3 heteroatoms. The lowest BCUT2D eigenvalue weighted by Gasteiger charge is -2.29. The third-order valence-electron chi connectivity index (χ3n) is 3.20. The number of rotatable bonds is 7. The zero-order valence-corrected chi connectivity index (χ0v) is 10.5. The summed E-state index contributed by atoms with van der Waals surface area (Å²) in [7, 11) is 4.25. The van der Waals surface area contributed by atoms with Gasteiger partial charge in [-0.25, -0.2) is 0 Å². The molecule has 1 N–H and O–H groups in total. The maximum absolute atomic E-state index is 5.67. The highest BCUT2D eigenvalue weighted by molar-refractivity contribution is 4.75. The van der Waals surface area contributed by atoms with Crippen molar-refractivity contribution in [1.29, 1.82) is 0 Å². The second kappa shape index (κ2) is 7.20. The molecule has 0 aromatic rings. The Morgan fingerprint density at radius 3 is 2.87 bits per heavy atom. The van der Waals surface area contributed by atoms with Gasteiger partial charge in [0.1, 0.15) is 0 Å². The molecule has 3 nitrogen and oxygen atoms in total. The van der Waals surface area contributed by atoms with E-state index < -0.39 is 0 Å². The van der Waals surface area contributed by atoms with Gasteiger partial charge >= 0.3 is 0 Å². The first-order valence-corrected chi connectivity index (χ1v) is 6.24. The summed E-state index contributed by atoms with van der Waals surface area (Å²) < 4.78 is 5.67. The van der Waals surface area contributed by atoms with E-state index in [0.717, 1.165) is 19.7 Å². The van der Waals surface area contributed by atoms with Gasteiger partial charge in [0.15, 0.2) is 0 Å². The molecule has 1 heterocycles. The summed E-state index contributed by atoms with van der Waals surface area (Å²) in [5.74, 6) is 0. The minimum atomic E-state index is 0.478. The lowest BCUT2D eigenvalue weighted by molar-refractivity contribution is 0.0664. The van der Waals surface area contributed by atoms with Crippen LogP contribution < -0.4 is 5.32 Å². The summed E-state index contributed by atoms with van der Waals surface area (Å²) in [6, 6.07) is 0.657. The largest absolute Gasteiger partial charge is 0.377 e. The van der Waals surface area contributed by atoms with Crippen molar-refractivity contribution in [3.63, 3.8) is 0 Å². The molecule has 2 unspecified atom stereocenters. The third-order valence-corrected chi connectivity index (χ3v) is 3.20. The molecule has 2 atom stereocenters. The van der Waals surface area contributed by atoms with Crippen LogP contribution in [0.15, 0.2) is 0 Å². The van der Waals surface area contributed by atoms with Crippen molar-refractivity contribution >= 4 is 0 Å². The Bertz CT molecular complexity index is 152. The first-order valence-electron chi connectivity index (χ1n) is 6.24. The minimum Gasteiger partial charge on any atom is -0.377 e. The van der Waals surface area contributed by atoms with E-state index in [4.69, 9.17) is 4.74 Å². The summed E-state index contributed by atoms with van der Waals surface area (Å²) >= 11 is 0. The highest BCUT2D eigenvalue weighted by Crippen LogP contribution is 2.14. The molecule has 1 aliphatic heterocycles. The van der Waals surface area contributed by atoms with E-state index in [2.05, 4.69) is 24.2 Å². The van der Waals surface area contributed by atoms with E-state index in [1.807, 2.05) is 7.05 Å². The van der Waals surface area contributed by atoms with Crippen molar-refractivity contribution in [2.24, 2.45) is 0 Å². The lowest BCUT2D eigenvalue weighted by Crippen LogP contribution is -2.42. The van der Waals surface area contributed by atoms with Gasteiger partial charge in [-0.1, -0.05) is 13.3 Å². The van der Waals surface area contributed by atoms with Crippen molar-refractivity contribution in [2.75, 3.05) is 33.8 Å². The molecule has 1 fully saturated rings. The van der Waals surface area contributed by atoms with Crippen molar-refractivity contribution in [3.8, 4) is 0 Å². The van der Waals surface area contributed by atoms with Crippen LogP contribution in [0, 0.1) is 0 Å². The molecule has 0 saturated carbocycles. The first kappa shape index (κ1) is 12.9. The second-order valence-electron chi connectivity index (χ2n) is 4.57. The Kier molecular flexibility index (Phi) is 6.22. The van der Waals surface area contributed by atoms with Crippen LogP contribution in [0.2, 0.25) is 0 Å². The van der Waals surface area contributed by atoms with Crippen LogP contribution in [0.4, 0.5) is 0 Å². The fraction of sp³-hybridized carbons (Fsp3) is 1.00. The molecular weight excluding hydrogens is 188 g/mol. The minimum absolute atomic E-state index is 0.478. The molecule has 0 amide bonds. The zero-order chi connectivity index (χ0) is 11.1. The smallest absolute Gasteiger partial charge is 0.0702 e. The number of ether oxygens (including phenoxy) is 1. The van der Waals surface area contributed by atoms with Gasteiger partial charge in [-0.05, 0) is 33.4 Å². The van der Waals surface area contributed by atoms with Gasteiger partial charge in [0, 0.05) is 25.7 Å². The van der Waals surface area contributed by atoms with Gasteiger partial charge in [-0.15, -0.1) is 0 Å². The maximum Gasteiger partial charge on any atom is 0.0702 e. The standard InChI is InChI=1S/C12H26N2O/c1-4-6-11(9-13-2)14(3)10-12-7-5-8-15-12/h11-13H,4-10H2,1-3H3. The molecule has 15 heavy (non-hydrogen) atoms. The monoisotopic (exact) mass is 214 g/mol. The number of hydrogen-bond donors (Lipinski definition) is 1. The Labute approximate surface area is 94.2 Å². The van der Waals surface area contributed by atoms with Crippen LogP contribution in [-0.4, -0.2) is 50.8 Å². The third kappa shape index (κ3) is 4.49. The quantitative estimate of drug-likeness (QED) is 0.695. The summed E-state index contributed by atoms with van der Waals surface area (Å²) in [5, 5.41) is 3.28. The van der Waals surface area contributed by atoms with E-state index in [9.17, 15) is 0 Å². The Balaban J connectivity index is 2.29. The summed E-state index contributed by atoms with van der Waals surface area (Å²) in [4.78, 5) is 2.45. The van der Waals surface area contributed by atoms with Gasteiger partial charge < -0.3 is 10.1 Å². The lowest BCUT2D eigenvalue weighted by atomic mass is 10.1. The van der Waals surface area contributed by atoms with Crippen LogP contribution in [0.1, 0.15) is 32.6 Å². The van der Waals surface area contributed by atoms with Gasteiger partial charge in [-0.2, -0.15) is 0 Å². The molecule has 0 aromatic carbocycles. The predicted molar refractivity (Wildman–Crippen MR) is 64.2 cm³/mol. The van der Waals surface area contributed by atoms with Crippen LogP contribution >= 0.6 is 0 Å².